The average Bonchev–Trinajstić information content (AvgIpc) is 3.06. The first-order valence-electron chi connectivity index (χ1n) is 8.07. The molecular formula is C17H27N3O2. The van der Waals surface area contributed by atoms with Crippen molar-refractivity contribution in [2.75, 3.05) is 33.3 Å². The second kappa shape index (κ2) is 8.51. The van der Waals surface area contributed by atoms with E-state index in [1.807, 2.05) is 31.2 Å². The van der Waals surface area contributed by atoms with Crippen LogP contribution < -0.4 is 14.8 Å². The molecule has 0 spiro atoms. The van der Waals surface area contributed by atoms with Gasteiger partial charge in [0.15, 0.2) is 17.5 Å². The summed E-state index contributed by atoms with van der Waals surface area (Å²) < 4.78 is 11.3. The first kappa shape index (κ1) is 16.5. The number of benzene rings is 1. The van der Waals surface area contributed by atoms with Crippen LogP contribution in [0.5, 0.6) is 11.5 Å². The minimum absolute atomic E-state index is 0.00689. The Hall–Kier alpha value is -1.91. The minimum atomic E-state index is -0.00689. The molecule has 1 fully saturated rings. The summed E-state index contributed by atoms with van der Waals surface area (Å²) in [5.74, 6) is 2.51. The fourth-order valence-corrected chi connectivity index (χ4v) is 2.54. The third kappa shape index (κ3) is 4.55. The molecule has 0 saturated carbocycles. The zero-order valence-corrected chi connectivity index (χ0v) is 13.8. The van der Waals surface area contributed by atoms with Crippen LogP contribution in [-0.4, -0.2) is 50.3 Å². The summed E-state index contributed by atoms with van der Waals surface area (Å²) in [5.41, 5.74) is 0. The number of rotatable bonds is 6. The van der Waals surface area contributed by atoms with E-state index >= 15 is 0 Å². The molecule has 0 aliphatic carbocycles. The lowest BCUT2D eigenvalue weighted by atomic mass is 10.3. The molecule has 1 N–H and O–H groups in total. The Morgan fingerprint density at radius 3 is 2.59 bits per heavy atom. The monoisotopic (exact) mass is 305 g/mol. The number of nitrogens with one attached hydrogen (secondary N) is 1. The van der Waals surface area contributed by atoms with Gasteiger partial charge < -0.3 is 19.7 Å². The largest absolute Gasteiger partial charge is 0.493 e. The van der Waals surface area contributed by atoms with Crippen molar-refractivity contribution in [1.29, 1.82) is 0 Å². The van der Waals surface area contributed by atoms with Crippen molar-refractivity contribution in [2.45, 2.75) is 32.8 Å². The second-order valence-electron chi connectivity index (χ2n) is 5.47. The molecule has 0 amide bonds. The SMILES string of the molecule is CCNC(=NCC(C)Oc1ccccc1OC)N1CCCC1. The van der Waals surface area contributed by atoms with E-state index in [2.05, 4.69) is 17.1 Å². The van der Waals surface area contributed by atoms with Crippen LogP contribution in [0.1, 0.15) is 26.7 Å². The summed E-state index contributed by atoms with van der Waals surface area (Å²) in [6, 6.07) is 7.71. The van der Waals surface area contributed by atoms with Gasteiger partial charge in [-0.3, -0.25) is 0 Å². The molecule has 22 heavy (non-hydrogen) atoms. The molecule has 2 rings (SSSR count). The van der Waals surface area contributed by atoms with Crippen molar-refractivity contribution in [3.8, 4) is 11.5 Å². The van der Waals surface area contributed by atoms with Crippen molar-refractivity contribution in [3.63, 3.8) is 0 Å². The molecule has 5 heteroatoms. The van der Waals surface area contributed by atoms with Crippen LogP contribution >= 0.6 is 0 Å². The molecule has 1 aromatic rings. The molecule has 1 unspecified atom stereocenters. The number of hydrogen-bond acceptors (Lipinski definition) is 3. The molecular weight excluding hydrogens is 278 g/mol. The molecule has 1 heterocycles. The molecule has 1 aliphatic heterocycles. The lowest BCUT2D eigenvalue weighted by Gasteiger charge is -2.22. The van der Waals surface area contributed by atoms with Crippen molar-refractivity contribution in [1.82, 2.24) is 10.2 Å². The summed E-state index contributed by atoms with van der Waals surface area (Å²) in [7, 11) is 1.65. The van der Waals surface area contributed by atoms with Crippen LogP contribution in [-0.2, 0) is 0 Å². The van der Waals surface area contributed by atoms with Crippen LogP contribution in [0.3, 0.4) is 0 Å². The third-order valence-corrected chi connectivity index (χ3v) is 3.64. The minimum Gasteiger partial charge on any atom is -0.493 e. The second-order valence-corrected chi connectivity index (χ2v) is 5.47. The Labute approximate surface area is 133 Å². The molecule has 1 saturated heterocycles. The van der Waals surface area contributed by atoms with Gasteiger partial charge in [0.2, 0.25) is 0 Å². The van der Waals surface area contributed by atoms with Gasteiger partial charge in [-0.1, -0.05) is 12.1 Å². The van der Waals surface area contributed by atoms with E-state index in [4.69, 9.17) is 14.5 Å². The number of ether oxygens (including phenoxy) is 2. The van der Waals surface area contributed by atoms with E-state index < -0.39 is 0 Å². The Balaban J connectivity index is 1.94. The van der Waals surface area contributed by atoms with Crippen molar-refractivity contribution in [3.05, 3.63) is 24.3 Å². The molecule has 122 valence electrons. The van der Waals surface area contributed by atoms with Gasteiger partial charge in [0.25, 0.3) is 0 Å². The molecule has 1 atom stereocenters. The fourth-order valence-electron chi connectivity index (χ4n) is 2.54. The van der Waals surface area contributed by atoms with Crippen molar-refractivity contribution >= 4 is 5.96 Å². The third-order valence-electron chi connectivity index (χ3n) is 3.64. The van der Waals surface area contributed by atoms with Crippen molar-refractivity contribution < 1.29 is 9.47 Å². The smallest absolute Gasteiger partial charge is 0.194 e. The molecule has 1 aromatic carbocycles. The standard InChI is InChI=1S/C17H27N3O2/c1-4-18-17(20-11-7-8-12-20)19-13-14(2)22-16-10-6-5-9-15(16)21-3/h5-6,9-10,14H,4,7-8,11-13H2,1-3H3,(H,18,19). The first-order valence-corrected chi connectivity index (χ1v) is 8.07. The summed E-state index contributed by atoms with van der Waals surface area (Å²) in [6.45, 7) is 7.82. The normalized spacial score (nSPS) is 16.5. The summed E-state index contributed by atoms with van der Waals surface area (Å²) in [4.78, 5) is 7.03. The van der Waals surface area contributed by atoms with Crippen LogP contribution in [0.15, 0.2) is 29.3 Å². The van der Waals surface area contributed by atoms with Gasteiger partial charge in [-0.05, 0) is 38.8 Å². The highest BCUT2D eigenvalue weighted by molar-refractivity contribution is 5.80. The van der Waals surface area contributed by atoms with Gasteiger partial charge in [0, 0.05) is 19.6 Å². The Morgan fingerprint density at radius 2 is 1.95 bits per heavy atom. The first-order chi connectivity index (χ1) is 10.7. The lowest BCUT2D eigenvalue weighted by molar-refractivity contribution is 0.219. The van der Waals surface area contributed by atoms with E-state index in [0.717, 1.165) is 37.1 Å². The summed E-state index contributed by atoms with van der Waals surface area (Å²) in [6.07, 6.45) is 2.49. The topological polar surface area (TPSA) is 46.1 Å². The summed E-state index contributed by atoms with van der Waals surface area (Å²) >= 11 is 0. The highest BCUT2D eigenvalue weighted by Crippen LogP contribution is 2.26. The molecule has 5 nitrogen and oxygen atoms in total. The van der Waals surface area contributed by atoms with Gasteiger partial charge in [-0.15, -0.1) is 0 Å². The maximum Gasteiger partial charge on any atom is 0.194 e. The zero-order chi connectivity index (χ0) is 15.8. The molecule has 0 radical (unpaired) electrons. The average molecular weight is 305 g/mol. The van der Waals surface area contributed by atoms with Crippen LogP contribution in [0.4, 0.5) is 0 Å². The van der Waals surface area contributed by atoms with E-state index in [1.165, 1.54) is 12.8 Å². The highest BCUT2D eigenvalue weighted by Gasteiger charge is 2.16. The zero-order valence-electron chi connectivity index (χ0n) is 13.8. The number of methoxy groups -OCH3 is 1. The Morgan fingerprint density at radius 1 is 1.27 bits per heavy atom. The van der Waals surface area contributed by atoms with E-state index in [-0.39, 0.29) is 6.10 Å². The van der Waals surface area contributed by atoms with Gasteiger partial charge >= 0.3 is 0 Å². The van der Waals surface area contributed by atoms with Crippen LogP contribution in [0, 0.1) is 0 Å². The van der Waals surface area contributed by atoms with E-state index in [9.17, 15) is 0 Å². The fraction of sp³-hybridized carbons (Fsp3) is 0.588. The summed E-state index contributed by atoms with van der Waals surface area (Å²) in [5, 5.41) is 3.36. The predicted molar refractivity (Wildman–Crippen MR) is 89.9 cm³/mol. The van der Waals surface area contributed by atoms with Crippen LogP contribution in [0.25, 0.3) is 0 Å². The molecule has 1 aliphatic rings. The number of likely N-dealkylation sites (tertiary alicyclic amines) is 1. The maximum atomic E-state index is 5.95. The Kier molecular flexibility index (Phi) is 6.37. The molecule has 0 bridgehead atoms. The van der Waals surface area contributed by atoms with Crippen molar-refractivity contribution in [2.24, 2.45) is 4.99 Å². The predicted octanol–water partition coefficient (Wildman–Crippen LogP) is 2.52. The van der Waals surface area contributed by atoms with E-state index in [0.29, 0.717) is 6.54 Å². The number of guanidine groups is 1. The van der Waals surface area contributed by atoms with Gasteiger partial charge in [0.05, 0.1) is 13.7 Å². The molecule has 0 aromatic heterocycles. The number of para-hydroxylation sites is 2. The lowest BCUT2D eigenvalue weighted by Crippen LogP contribution is -2.40. The van der Waals surface area contributed by atoms with Crippen LogP contribution in [0.2, 0.25) is 0 Å². The number of hydrogen-bond donors (Lipinski definition) is 1. The number of aliphatic imine (C=N–C) groups is 1. The quantitative estimate of drug-likeness (QED) is 0.648. The van der Waals surface area contributed by atoms with E-state index in [1.54, 1.807) is 7.11 Å². The number of nitrogens with zero attached hydrogens (tertiary/aromatic N) is 2. The van der Waals surface area contributed by atoms with Gasteiger partial charge in [-0.2, -0.15) is 0 Å². The van der Waals surface area contributed by atoms with Gasteiger partial charge in [-0.25, -0.2) is 4.99 Å². The highest BCUT2D eigenvalue weighted by atomic mass is 16.5. The Bertz CT molecular complexity index is 485. The van der Waals surface area contributed by atoms with Gasteiger partial charge in [0.1, 0.15) is 6.10 Å². The maximum absolute atomic E-state index is 5.95.